The van der Waals surface area contributed by atoms with Gasteiger partial charge in [-0.05, 0) is 38.3 Å². The molecule has 4 heteroatoms. The minimum absolute atomic E-state index is 0.0501. The van der Waals surface area contributed by atoms with E-state index < -0.39 is 10.8 Å². The van der Waals surface area contributed by atoms with Crippen LogP contribution in [0.3, 0.4) is 0 Å². The number of H-pyrrole nitrogens is 1. The molecule has 2 aromatic rings. The van der Waals surface area contributed by atoms with Gasteiger partial charge in [-0.3, -0.25) is 14.5 Å². The van der Waals surface area contributed by atoms with E-state index >= 15 is 0 Å². The van der Waals surface area contributed by atoms with Crippen molar-refractivity contribution in [1.29, 1.82) is 0 Å². The quantitative estimate of drug-likeness (QED) is 0.754. The van der Waals surface area contributed by atoms with Gasteiger partial charge in [-0.1, -0.05) is 18.2 Å². The minimum atomic E-state index is -0.772. The predicted molar refractivity (Wildman–Crippen MR) is 79.9 cm³/mol. The number of hydrogen-bond acceptors (Lipinski definition) is 2. The van der Waals surface area contributed by atoms with Gasteiger partial charge in [0.2, 0.25) is 11.8 Å². The van der Waals surface area contributed by atoms with Crippen molar-refractivity contribution in [3.8, 4) is 0 Å². The number of fused-ring (bicyclic) bond motifs is 5. The van der Waals surface area contributed by atoms with Crippen LogP contribution in [0.1, 0.15) is 31.5 Å². The number of hydrogen-bond donors (Lipinski definition) is 1. The lowest BCUT2D eigenvalue weighted by atomic mass is 9.57. The lowest BCUT2D eigenvalue weighted by molar-refractivity contribution is -0.139. The van der Waals surface area contributed by atoms with E-state index in [0.29, 0.717) is 6.42 Å². The number of imide groups is 1. The van der Waals surface area contributed by atoms with Crippen molar-refractivity contribution in [2.45, 2.75) is 32.1 Å². The standard InChI is InChI=1S/C17H18N2O2/c1-16-9-8-12-13(10-6-4-5-7-11(10)18-12)17(16,2)15(21)19(3)14(16)20/h4-7,18H,8-9H2,1-3H3/t16-,17+/m0/s1. The van der Waals surface area contributed by atoms with Crippen molar-refractivity contribution in [3.05, 3.63) is 35.5 Å². The summed E-state index contributed by atoms with van der Waals surface area (Å²) in [4.78, 5) is 30.3. The van der Waals surface area contributed by atoms with E-state index in [1.165, 1.54) is 4.90 Å². The number of benzene rings is 1. The Balaban J connectivity index is 2.11. The van der Waals surface area contributed by atoms with Crippen LogP contribution >= 0.6 is 0 Å². The number of likely N-dealkylation sites (tertiary alicyclic amines) is 1. The van der Waals surface area contributed by atoms with Crippen LogP contribution in [0.4, 0.5) is 0 Å². The molecule has 4 rings (SSSR count). The molecule has 21 heavy (non-hydrogen) atoms. The molecule has 2 amide bonds. The number of aryl methyl sites for hydroxylation is 1. The third-order valence-electron chi connectivity index (χ3n) is 5.77. The van der Waals surface area contributed by atoms with Gasteiger partial charge in [0.15, 0.2) is 0 Å². The molecule has 2 atom stereocenters. The zero-order valence-electron chi connectivity index (χ0n) is 12.5. The molecule has 0 bridgehead atoms. The smallest absolute Gasteiger partial charge is 0.240 e. The largest absolute Gasteiger partial charge is 0.358 e. The summed E-state index contributed by atoms with van der Waals surface area (Å²) in [5, 5.41) is 1.07. The molecule has 1 aliphatic carbocycles. The summed E-state index contributed by atoms with van der Waals surface area (Å²) in [5.74, 6) is -0.133. The van der Waals surface area contributed by atoms with Crippen LogP contribution in [-0.4, -0.2) is 28.7 Å². The minimum Gasteiger partial charge on any atom is -0.358 e. The fourth-order valence-corrected chi connectivity index (χ4v) is 4.32. The molecule has 0 unspecified atom stereocenters. The number of nitrogens with one attached hydrogen (secondary N) is 1. The molecule has 0 radical (unpaired) electrons. The van der Waals surface area contributed by atoms with Gasteiger partial charge in [0.25, 0.3) is 0 Å². The van der Waals surface area contributed by atoms with Gasteiger partial charge in [-0.25, -0.2) is 0 Å². The summed E-state index contributed by atoms with van der Waals surface area (Å²) >= 11 is 0. The Morgan fingerprint density at radius 1 is 1.14 bits per heavy atom. The van der Waals surface area contributed by atoms with Gasteiger partial charge in [-0.15, -0.1) is 0 Å². The number of aromatic amines is 1. The van der Waals surface area contributed by atoms with Gasteiger partial charge in [0.05, 0.1) is 10.8 Å². The topological polar surface area (TPSA) is 53.2 Å². The molecular formula is C17H18N2O2. The SMILES string of the molecule is CN1C(=O)[C@]2(C)CCc3[nH]c4ccccc4c3[C@]2(C)C1=O. The summed E-state index contributed by atoms with van der Waals surface area (Å²) < 4.78 is 0. The number of amides is 2. The fourth-order valence-electron chi connectivity index (χ4n) is 4.32. The van der Waals surface area contributed by atoms with Crippen LogP contribution in [0, 0.1) is 5.41 Å². The second-order valence-corrected chi connectivity index (χ2v) is 6.65. The fraction of sp³-hybridized carbons (Fsp3) is 0.412. The molecule has 1 saturated heterocycles. The number of likely N-dealkylation sites (N-methyl/N-ethyl adjacent to an activating group) is 1. The third-order valence-corrected chi connectivity index (χ3v) is 5.77. The van der Waals surface area contributed by atoms with E-state index in [9.17, 15) is 9.59 Å². The first-order valence-electron chi connectivity index (χ1n) is 7.34. The number of para-hydroxylation sites is 1. The van der Waals surface area contributed by atoms with E-state index in [0.717, 1.165) is 28.6 Å². The van der Waals surface area contributed by atoms with Crippen molar-refractivity contribution < 1.29 is 9.59 Å². The van der Waals surface area contributed by atoms with E-state index in [-0.39, 0.29) is 11.8 Å². The van der Waals surface area contributed by atoms with Crippen LogP contribution in [0.25, 0.3) is 10.9 Å². The van der Waals surface area contributed by atoms with E-state index in [2.05, 4.69) is 4.98 Å². The second-order valence-electron chi connectivity index (χ2n) is 6.65. The summed E-state index contributed by atoms with van der Waals surface area (Å²) in [6.45, 7) is 3.89. The summed E-state index contributed by atoms with van der Waals surface area (Å²) in [7, 11) is 1.61. The lowest BCUT2D eigenvalue weighted by Gasteiger charge is -2.40. The molecular weight excluding hydrogens is 264 g/mol. The molecule has 108 valence electrons. The second kappa shape index (κ2) is 3.56. The van der Waals surface area contributed by atoms with Gasteiger partial charge in [-0.2, -0.15) is 0 Å². The average molecular weight is 282 g/mol. The Hall–Kier alpha value is -2.10. The van der Waals surface area contributed by atoms with Crippen LogP contribution in [-0.2, 0) is 21.4 Å². The predicted octanol–water partition coefficient (Wildman–Crippen LogP) is 2.38. The number of nitrogens with zero attached hydrogens (tertiary/aromatic N) is 1. The first kappa shape index (κ1) is 12.6. The van der Waals surface area contributed by atoms with Gasteiger partial charge >= 0.3 is 0 Å². The maximum atomic E-state index is 12.9. The van der Waals surface area contributed by atoms with E-state index in [1.54, 1.807) is 7.05 Å². The lowest BCUT2D eigenvalue weighted by Crippen LogP contribution is -2.47. The molecule has 0 saturated carbocycles. The van der Waals surface area contributed by atoms with Crippen molar-refractivity contribution >= 4 is 22.7 Å². The van der Waals surface area contributed by atoms with Gasteiger partial charge in [0.1, 0.15) is 0 Å². The Kier molecular flexibility index (Phi) is 2.14. The molecule has 1 aliphatic heterocycles. The van der Waals surface area contributed by atoms with Crippen LogP contribution in [0.15, 0.2) is 24.3 Å². The Labute approximate surface area is 123 Å². The Bertz CT molecular complexity index is 806. The van der Waals surface area contributed by atoms with E-state index in [1.807, 2.05) is 38.1 Å². The first-order valence-corrected chi connectivity index (χ1v) is 7.34. The van der Waals surface area contributed by atoms with Crippen LogP contribution in [0.5, 0.6) is 0 Å². The number of aromatic nitrogens is 1. The highest BCUT2D eigenvalue weighted by Gasteiger charge is 2.66. The number of carbonyl (C=O) groups is 2. The molecule has 2 aliphatic rings. The molecule has 1 aromatic carbocycles. The van der Waals surface area contributed by atoms with Crippen molar-refractivity contribution in [2.75, 3.05) is 7.05 Å². The van der Waals surface area contributed by atoms with Crippen molar-refractivity contribution in [2.24, 2.45) is 5.41 Å². The normalized spacial score (nSPS) is 31.7. The highest BCUT2D eigenvalue weighted by atomic mass is 16.2. The first-order chi connectivity index (χ1) is 9.91. The molecule has 2 heterocycles. The zero-order chi connectivity index (χ0) is 15.0. The summed E-state index contributed by atoms with van der Waals surface area (Å²) in [6.07, 6.45) is 1.52. The van der Waals surface area contributed by atoms with Crippen LogP contribution < -0.4 is 0 Å². The number of carbonyl (C=O) groups excluding carboxylic acids is 2. The van der Waals surface area contributed by atoms with Crippen molar-refractivity contribution in [1.82, 2.24) is 9.88 Å². The molecule has 0 spiro atoms. The molecule has 1 aromatic heterocycles. The molecule has 1 fully saturated rings. The monoisotopic (exact) mass is 282 g/mol. The third kappa shape index (κ3) is 1.18. The van der Waals surface area contributed by atoms with Gasteiger partial charge in [0, 0.05) is 23.6 Å². The Morgan fingerprint density at radius 2 is 1.86 bits per heavy atom. The Morgan fingerprint density at radius 3 is 2.62 bits per heavy atom. The highest BCUT2D eigenvalue weighted by molar-refractivity contribution is 6.14. The van der Waals surface area contributed by atoms with Crippen molar-refractivity contribution in [3.63, 3.8) is 0 Å². The molecule has 4 nitrogen and oxygen atoms in total. The zero-order valence-corrected chi connectivity index (χ0v) is 12.5. The van der Waals surface area contributed by atoms with Gasteiger partial charge < -0.3 is 4.98 Å². The highest BCUT2D eigenvalue weighted by Crippen LogP contribution is 2.57. The van der Waals surface area contributed by atoms with Crippen LogP contribution in [0.2, 0.25) is 0 Å². The number of rotatable bonds is 0. The maximum Gasteiger partial charge on any atom is 0.240 e. The maximum absolute atomic E-state index is 12.9. The average Bonchev–Trinajstić information content (AvgIpc) is 2.92. The summed E-state index contributed by atoms with van der Waals surface area (Å²) in [6, 6.07) is 8.04. The molecule has 1 N–H and O–H groups in total. The summed E-state index contributed by atoms with van der Waals surface area (Å²) in [5.41, 5.74) is 1.76. The van der Waals surface area contributed by atoms with E-state index in [4.69, 9.17) is 0 Å².